The van der Waals surface area contributed by atoms with Crippen LogP contribution in [0.15, 0.2) is 16.7 Å². The number of rotatable bonds is 5. The van der Waals surface area contributed by atoms with Crippen LogP contribution in [0.25, 0.3) is 0 Å². The van der Waals surface area contributed by atoms with Crippen LogP contribution in [0.4, 0.5) is 0 Å². The van der Waals surface area contributed by atoms with Gasteiger partial charge in [0.15, 0.2) is 0 Å². The summed E-state index contributed by atoms with van der Waals surface area (Å²) < 4.78 is 5.37. The van der Waals surface area contributed by atoms with E-state index in [2.05, 4.69) is 23.6 Å². The Morgan fingerprint density at radius 3 is 2.50 bits per heavy atom. The Kier molecular flexibility index (Phi) is 4.80. The van der Waals surface area contributed by atoms with Crippen LogP contribution in [0.2, 0.25) is 0 Å². The fourth-order valence-electron chi connectivity index (χ4n) is 2.57. The molecule has 1 aromatic heterocycles. The molecule has 1 fully saturated rings. The lowest BCUT2D eigenvalue weighted by Crippen LogP contribution is -2.46. The third kappa shape index (κ3) is 3.57. The molecule has 2 N–H and O–H groups in total. The summed E-state index contributed by atoms with van der Waals surface area (Å²) in [7, 11) is 0. The van der Waals surface area contributed by atoms with E-state index >= 15 is 0 Å². The van der Waals surface area contributed by atoms with Crippen molar-refractivity contribution in [1.82, 2.24) is 9.80 Å². The first-order chi connectivity index (χ1) is 8.69. The number of hydrogen-bond donors (Lipinski definition) is 1. The van der Waals surface area contributed by atoms with Gasteiger partial charge in [-0.25, -0.2) is 0 Å². The first kappa shape index (κ1) is 13.6. The Balaban J connectivity index is 1.80. The minimum Gasteiger partial charge on any atom is -0.468 e. The Labute approximate surface area is 110 Å². The van der Waals surface area contributed by atoms with Crippen molar-refractivity contribution in [1.29, 1.82) is 0 Å². The summed E-state index contributed by atoms with van der Waals surface area (Å²) in [6, 6.07) is 2.04. The minimum atomic E-state index is 0.496. The van der Waals surface area contributed by atoms with Gasteiger partial charge in [0.25, 0.3) is 0 Å². The summed E-state index contributed by atoms with van der Waals surface area (Å²) in [5.74, 6) is 1.69. The summed E-state index contributed by atoms with van der Waals surface area (Å²) in [5.41, 5.74) is 6.90. The Morgan fingerprint density at radius 2 is 1.89 bits per heavy atom. The molecule has 4 nitrogen and oxygen atoms in total. The van der Waals surface area contributed by atoms with Crippen LogP contribution in [0.3, 0.4) is 0 Å². The molecule has 0 aromatic carbocycles. The molecule has 18 heavy (non-hydrogen) atoms. The highest BCUT2D eigenvalue weighted by molar-refractivity contribution is 5.16. The zero-order valence-corrected chi connectivity index (χ0v) is 11.6. The topological polar surface area (TPSA) is 45.6 Å². The van der Waals surface area contributed by atoms with Crippen molar-refractivity contribution in [2.45, 2.75) is 26.9 Å². The van der Waals surface area contributed by atoms with Crippen molar-refractivity contribution >= 4 is 0 Å². The molecule has 4 heteroatoms. The highest BCUT2D eigenvalue weighted by Gasteiger charge is 2.18. The number of furan rings is 1. The zero-order chi connectivity index (χ0) is 13.0. The maximum Gasteiger partial charge on any atom is 0.121 e. The lowest BCUT2D eigenvalue weighted by atomic mass is 10.1. The molecule has 0 spiro atoms. The van der Waals surface area contributed by atoms with Gasteiger partial charge in [-0.3, -0.25) is 4.90 Å². The molecule has 0 saturated carbocycles. The van der Waals surface area contributed by atoms with E-state index < -0.39 is 0 Å². The van der Waals surface area contributed by atoms with Crippen molar-refractivity contribution in [2.24, 2.45) is 11.7 Å². The Bertz CT molecular complexity index is 354. The van der Waals surface area contributed by atoms with Gasteiger partial charge in [-0.05, 0) is 12.0 Å². The number of piperazine rings is 1. The first-order valence-electron chi connectivity index (χ1n) is 6.89. The summed E-state index contributed by atoms with van der Waals surface area (Å²) in [6.45, 7) is 11.9. The molecule has 0 bridgehead atoms. The second kappa shape index (κ2) is 6.36. The quantitative estimate of drug-likeness (QED) is 0.861. The molecule has 0 radical (unpaired) electrons. The summed E-state index contributed by atoms with van der Waals surface area (Å²) in [6.07, 6.45) is 1.74. The minimum absolute atomic E-state index is 0.496. The summed E-state index contributed by atoms with van der Waals surface area (Å²) >= 11 is 0. The van der Waals surface area contributed by atoms with Gasteiger partial charge in [-0.15, -0.1) is 0 Å². The van der Waals surface area contributed by atoms with Crippen molar-refractivity contribution in [2.75, 3.05) is 32.7 Å². The van der Waals surface area contributed by atoms with Crippen LogP contribution < -0.4 is 5.73 Å². The second-order valence-corrected chi connectivity index (χ2v) is 5.54. The predicted molar refractivity (Wildman–Crippen MR) is 73.2 cm³/mol. The van der Waals surface area contributed by atoms with Crippen LogP contribution in [-0.2, 0) is 13.1 Å². The molecule has 1 saturated heterocycles. The van der Waals surface area contributed by atoms with Crippen LogP contribution in [-0.4, -0.2) is 42.5 Å². The van der Waals surface area contributed by atoms with Gasteiger partial charge >= 0.3 is 0 Å². The van der Waals surface area contributed by atoms with Gasteiger partial charge in [-0.2, -0.15) is 0 Å². The maximum atomic E-state index is 5.66. The highest BCUT2D eigenvalue weighted by Crippen LogP contribution is 2.14. The van der Waals surface area contributed by atoms with Crippen LogP contribution in [0, 0.1) is 5.92 Å². The van der Waals surface area contributed by atoms with Gasteiger partial charge in [0, 0.05) is 44.8 Å². The summed E-state index contributed by atoms with van der Waals surface area (Å²) in [4.78, 5) is 5.04. The highest BCUT2D eigenvalue weighted by atomic mass is 16.3. The average Bonchev–Trinajstić information content (AvgIpc) is 2.78. The zero-order valence-electron chi connectivity index (χ0n) is 11.6. The molecular formula is C14H25N3O. The normalized spacial score (nSPS) is 18.7. The molecule has 0 amide bonds. The van der Waals surface area contributed by atoms with E-state index in [-0.39, 0.29) is 0 Å². The number of nitrogens with two attached hydrogens (primary N) is 1. The lowest BCUT2D eigenvalue weighted by molar-refractivity contribution is 0.117. The van der Waals surface area contributed by atoms with E-state index in [4.69, 9.17) is 10.2 Å². The SMILES string of the molecule is CC(C)CN1CCN(Cc2ccoc2CN)CC1. The Hall–Kier alpha value is -0.840. The van der Waals surface area contributed by atoms with Gasteiger partial charge < -0.3 is 15.1 Å². The molecule has 1 aromatic rings. The van der Waals surface area contributed by atoms with Crippen molar-refractivity contribution in [3.8, 4) is 0 Å². The average molecular weight is 251 g/mol. The van der Waals surface area contributed by atoms with Crippen molar-refractivity contribution < 1.29 is 4.42 Å². The molecule has 0 atom stereocenters. The fourth-order valence-corrected chi connectivity index (χ4v) is 2.57. The first-order valence-corrected chi connectivity index (χ1v) is 6.89. The van der Waals surface area contributed by atoms with Crippen LogP contribution in [0.1, 0.15) is 25.2 Å². The second-order valence-electron chi connectivity index (χ2n) is 5.54. The standard InChI is InChI=1S/C14H25N3O/c1-12(2)10-16-4-6-17(7-5-16)11-13-3-8-18-14(13)9-15/h3,8,12H,4-7,9-11,15H2,1-2H3. The van der Waals surface area contributed by atoms with Gasteiger partial charge in [0.1, 0.15) is 5.76 Å². The monoisotopic (exact) mass is 251 g/mol. The van der Waals surface area contributed by atoms with E-state index in [0.717, 1.165) is 31.3 Å². The van der Waals surface area contributed by atoms with E-state index in [9.17, 15) is 0 Å². The van der Waals surface area contributed by atoms with Crippen LogP contribution >= 0.6 is 0 Å². The van der Waals surface area contributed by atoms with E-state index in [1.807, 2.05) is 6.07 Å². The molecule has 2 heterocycles. The fraction of sp³-hybridized carbons (Fsp3) is 0.714. The summed E-state index contributed by atoms with van der Waals surface area (Å²) in [5, 5.41) is 0. The smallest absolute Gasteiger partial charge is 0.121 e. The lowest BCUT2D eigenvalue weighted by Gasteiger charge is -2.35. The maximum absolute atomic E-state index is 5.66. The molecule has 1 aliphatic heterocycles. The predicted octanol–water partition coefficient (Wildman–Crippen LogP) is 1.51. The van der Waals surface area contributed by atoms with E-state index in [1.54, 1.807) is 6.26 Å². The van der Waals surface area contributed by atoms with Gasteiger partial charge in [-0.1, -0.05) is 13.8 Å². The third-order valence-electron chi connectivity index (χ3n) is 3.51. The van der Waals surface area contributed by atoms with Crippen molar-refractivity contribution in [3.63, 3.8) is 0 Å². The third-order valence-corrected chi connectivity index (χ3v) is 3.51. The molecule has 2 rings (SSSR count). The molecule has 102 valence electrons. The Morgan fingerprint density at radius 1 is 1.22 bits per heavy atom. The molecular weight excluding hydrogens is 226 g/mol. The number of hydrogen-bond acceptors (Lipinski definition) is 4. The van der Waals surface area contributed by atoms with Gasteiger partial charge in [0.2, 0.25) is 0 Å². The molecule has 0 aliphatic carbocycles. The van der Waals surface area contributed by atoms with E-state index in [1.165, 1.54) is 25.2 Å². The van der Waals surface area contributed by atoms with E-state index in [0.29, 0.717) is 6.54 Å². The molecule has 0 unspecified atom stereocenters. The van der Waals surface area contributed by atoms with Crippen molar-refractivity contribution in [3.05, 3.63) is 23.7 Å². The number of nitrogens with zero attached hydrogens (tertiary/aromatic N) is 2. The molecule has 1 aliphatic rings. The van der Waals surface area contributed by atoms with Gasteiger partial charge in [0.05, 0.1) is 12.8 Å². The van der Waals surface area contributed by atoms with Crippen LogP contribution in [0.5, 0.6) is 0 Å². The largest absolute Gasteiger partial charge is 0.468 e.